The maximum Gasteiger partial charge on any atom is 0.0543 e. The summed E-state index contributed by atoms with van der Waals surface area (Å²) in [5, 5.41) is 10.2. The van der Waals surface area contributed by atoms with Gasteiger partial charge in [-0.15, -0.1) is 0 Å². The summed E-state index contributed by atoms with van der Waals surface area (Å²) in [5.74, 6) is 5.85. The molecule has 9 atom stereocenters. The van der Waals surface area contributed by atoms with Gasteiger partial charge in [0, 0.05) is 0 Å². The van der Waals surface area contributed by atoms with Crippen molar-refractivity contribution < 1.29 is 5.11 Å². The molecule has 0 saturated heterocycles. The summed E-state index contributed by atoms with van der Waals surface area (Å²) in [5.41, 5.74) is 2.88. The van der Waals surface area contributed by atoms with E-state index in [0.717, 1.165) is 54.3 Å². The van der Waals surface area contributed by atoms with Crippen LogP contribution >= 0.6 is 0 Å². The van der Waals surface area contributed by atoms with E-state index in [1.165, 1.54) is 51.4 Å². The molecule has 0 spiro atoms. The lowest BCUT2D eigenvalue weighted by Gasteiger charge is -2.57. The Morgan fingerprint density at radius 1 is 0.931 bits per heavy atom. The standard InChI is InChI=1S/C28H48O/c1-18(2)19(3)7-8-20(4)24-11-12-25-23-10-9-21-17-22(29)13-15-27(21,5)26(23)14-16-28(24,25)6/h10,18-22,24-26,29H,7-9,11-17H2,1-6H3/t19-,20-,21+,22+,24-,25+,26+,27+,28-/m1/s1. The summed E-state index contributed by atoms with van der Waals surface area (Å²) in [7, 11) is 0. The van der Waals surface area contributed by atoms with E-state index >= 15 is 0 Å². The zero-order chi connectivity index (χ0) is 21.0. The smallest absolute Gasteiger partial charge is 0.0543 e. The molecule has 4 aliphatic carbocycles. The highest BCUT2D eigenvalue weighted by molar-refractivity contribution is 5.27. The monoisotopic (exact) mass is 400 g/mol. The maximum atomic E-state index is 10.2. The molecule has 3 fully saturated rings. The second kappa shape index (κ2) is 7.99. The van der Waals surface area contributed by atoms with Gasteiger partial charge in [-0.25, -0.2) is 0 Å². The van der Waals surface area contributed by atoms with Gasteiger partial charge in [0.1, 0.15) is 0 Å². The molecule has 1 nitrogen and oxygen atoms in total. The molecule has 0 bridgehead atoms. The minimum atomic E-state index is -0.0400. The SMILES string of the molecule is CC(C)[C@H](C)CC[C@@H](C)[C@H]1CC[C@H]2C3=CC[C@H]4C[C@@H](O)CC[C@]4(C)[C@H]3CC[C@]12C. The molecule has 0 radical (unpaired) electrons. The van der Waals surface area contributed by atoms with E-state index < -0.39 is 0 Å². The van der Waals surface area contributed by atoms with Gasteiger partial charge in [-0.2, -0.15) is 0 Å². The molecular formula is C28H48O. The molecule has 0 heterocycles. The molecule has 0 aromatic rings. The van der Waals surface area contributed by atoms with Crippen molar-refractivity contribution in [2.24, 2.45) is 52.3 Å². The van der Waals surface area contributed by atoms with Crippen LogP contribution in [-0.2, 0) is 0 Å². The second-order valence-corrected chi connectivity index (χ2v) is 12.7. The van der Waals surface area contributed by atoms with E-state index in [1.807, 2.05) is 5.57 Å². The number of rotatable bonds is 5. The van der Waals surface area contributed by atoms with Gasteiger partial charge >= 0.3 is 0 Å². The lowest BCUT2D eigenvalue weighted by molar-refractivity contribution is -0.0428. The van der Waals surface area contributed by atoms with Crippen LogP contribution in [0.25, 0.3) is 0 Å². The van der Waals surface area contributed by atoms with E-state index in [9.17, 15) is 5.11 Å². The van der Waals surface area contributed by atoms with Crippen molar-refractivity contribution in [3.05, 3.63) is 11.6 Å². The van der Waals surface area contributed by atoms with Crippen LogP contribution in [0.15, 0.2) is 11.6 Å². The Balaban J connectivity index is 1.50. The summed E-state index contributed by atoms with van der Waals surface area (Å²) in [6, 6.07) is 0. The van der Waals surface area contributed by atoms with Crippen LogP contribution in [0.5, 0.6) is 0 Å². The fraction of sp³-hybridized carbons (Fsp3) is 0.929. The van der Waals surface area contributed by atoms with Gasteiger partial charge in [-0.05, 0) is 104 Å². The number of aliphatic hydroxyl groups is 1. The van der Waals surface area contributed by atoms with Gasteiger partial charge in [-0.3, -0.25) is 0 Å². The number of hydrogen-bond acceptors (Lipinski definition) is 1. The van der Waals surface area contributed by atoms with Crippen molar-refractivity contribution in [2.45, 2.75) is 112 Å². The first kappa shape index (κ1) is 21.9. The quantitative estimate of drug-likeness (QED) is 0.470. The molecule has 0 aromatic heterocycles. The number of fused-ring (bicyclic) bond motifs is 5. The third-order valence-corrected chi connectivity index (χ3v) is 11.0. The van der Waals surface area contributed by atoms with E-state index in [4.69, 9.17) is 0 Å². The predicted molar refractivity (Wildman–Crippen MR) is 124 cm³/mol. The van der Waals surface area contributed by atoms with Gasteiger partial charge in [0.2, 0.25) is 0 Å². The molecule has 0 aliphatic heterocycles. The first-order valence-corrected chi connectivity index (χ1v) is 13.0. The third-order valence-electron chi connectivity index (χ3n) is 11.0. The van der Waals surface area contributed by atoms with Gasteiger partial charge in [0.15, 0.2) is 0 Å². The van der Waals surface area contributed by atoms with Gasteiger partial charge < -0.3 is 5.11 Å². The lowest BCUT2D eigenvalue weighted by Crippen LogP contribution is -2.49. The molecule has 29 heavy (non-hydrogen) atoms. The molecular weight excluding hydrogens is 352 g/mol. The van der Waals surface area contributed by atoms with Gasteiger partial charge in [0.05, 0.1) is 6.10 Å². The van der Waals surface area contributed by atoms with E-state index in [0.29, 0.717) is 10.8 Å². The van der Waals surface area contributed by atoms with Gasteiger partial charge in [0.25, 0.3) is 0 Å². The second-order valence-electron chi connectivity index (χ2n) is 12.7. The zero-order valence-corrected chi connectivity index (χ0v) is 20.2. The Kier molecular flexibility index (Phi) is 6.04. The largest absolute Gasteiger partial charge is 0.393 e. The van der Waals surface area contributed by atoms with Crippen LogP contribution in [0, 0.1) is 52.3 Å². The van der Waals surface area contributed by atoms with Crippen LogP contribution in [-0.4, -0.2) is 11.2 Å². The van der Waals surface area contributed by atoms with Crippen molar-refractivity contribution in [2.75, 3.05) is 0 Å². The fourth-order valence-electron chi connectivity index (χ4n) is 8.53. The Bertz CT molecular complexity index is 620. The fourth-order valence-corrected chi connectivity index (χ4v) is 8.53. The van der Waals surface area contributed by atoms with Crippen molar-refractivity contribution >= 4 is 0 Å². The van der Waals surface area contributed by atoms with E-state index in [2.05, 4.69) is 47.6 Å². The number of hydrogen-bond donors (Lipinski definition) is 1. The molecule has 0 aromatic carbocycles. The van der Waals surface area contributed by atoms with E-state index in [-0.39, 0.29) is 6.10 Å². The first-order chi connectivity index (χ1) is 13.7. The summed E-state index contributed by atoms with van der Waals surface area (Å²) in [6.07, 6.45) is 15.8. The summed E-state index contributed by atoms with van der Waals surface area (Å²) >= 11 is 0. The molecule has 0 unspecified atom stereocenters. The highest BCUT2D eigenvalue weighted by Gasteiger charge is 2.58. The zero-order valence-electron chi connectivity index (χ0n) is 20.2. The summed E-state index contributed by atoms with van der Waals surface area (Å²) in [6.45, 7) is 15.1. The first-order valence-electron chi connectivity index (χ1n) is 13.0. The Labute approximate surface area is 181 Å². The average molecular weight is 401 g/mol. The number of aliphatic hydroxyl groups excluding tert-OH is 1. The Morgan fingerprint density at radius 3 is 2.34 bits per heavy atom. The van der Waals surface area contributed by atoms with Crippen LogP contribution < -0.4 is 0 Å². The minimum absolute atomic E-state index is 0.0400. The van der Waals surface area contributed by atoms with Crippen LogP contribution in [0.1, 0.15) is 106 Å². The minimum Gasteiger partial charge on any atom is -0.393 e. The maximum absolute atomic E-state index is 10.2. The van der Waals surface area contributed by atoms with Crippen LogP contribution in [0.3, 0.4) is 0 Å². The topological polar surface area (TPSA) is 20.2 Å². The van der Waals surface area contributed by atoms with Crippen molar-refractivity contribution in [1.82, 2.24) is 0 Å². The normalized spacial score (nSPS) is 46.5. The summed E-state index contributed by atoms with van der Waals surface area (Å²) < 4.78 is 0. The molecule has 0 amide bonds. The van der Waals surface area contributed by atoms with Crippen molar-refractivity contribution in [3.8, 4) is 0 Å². The molecule has 3 saturated carbocycles. The molecule has 1 N–H and O–H groups in total. The molecule has 4 aliphatic rings. The Morgan fingerprint density at radius 2 is 1.62 bits per heavy atom. The third kappa shape index (κ3) is 3.66. The number of allylic oxidation sites excluding steroid dienone is 2. The predicted octanol–water partition coefficient (Wildman–Crippen LogP) is 7.63. The summed E-state index contributed by atoms with van der Waals surface area (Å²) in [4.78, 5) is 0. The van der Waals surface area contributed by atoms with Crippen LogP contribution in [0.2, 0.25) is 0 Å². The van der Waals surface area contributed by atoms with E-state index in [1.54, 1.807) is 0 Å². The van der Waals surface area contributed by atoms with Crippen molar-refractivity contribution in [1.29, 1.82) is 0 Å². The molecule has 166 valence electrons. The van der Waals surface area contributed by atoms with Crippen LogP contribution in [0.4, 0.5) is 0 Å². The highest BCUT2D eigenvalue weighted by Crippen LogP contribution is 2.67. The lowest BCUT2D eigenvalue weighted by atomic mass is 9.47. The highest BCUT2D eigenvalue weighted by atomic mass is 16.3. The average Bonchev–Trinajstić information content (AvgIpc) is 3.03. The molecule has 4 rings (SSSR count). The van der Waals surface area contributed by atoms with Gasteiger partial charge in [-0.1, -0.05) is 66.0 Å². The Hall–Kier alpha value is -0.300. The molecule has 1 heteroatoms. The van der Waals surface area contributed by atoms with Crippen molar-refractivity contribution in [3.63, 3.8) is 0 Å².